The highest BCUT2D eigenvalue weighted by atomic mass is 16.5. The van der Waals surface area contributed by atoms with Crippen molar-refractivity contribution in [2.75, 3.05) is 23.8 Å². The number of hydrogen-bond donors (Lipinski definition) is 2. The van der Waals surface area contributed by atoms with Gasteiger partial charge in [0.1, 0.15) is 11.5 Å². The van der Waals surface area contributed by atoms with Crippen molar-refractivity contribution in [3.63, 3.8) is 0 Å². The van der Waals surface area contributed by atoms with E-state index in [0.29, 0.717) is 41.7 Å². The van der Waals surface area contributed by atoms with Gasteiger partial charge in [-0.05, 0) is 44.2 Å². The summed E-state index contributed by atoms with van der Waals surface area (Å²) in [7, 11) is 0. The van der Waals surface area contributed by atoms with Gasteiger partial charge in [-0.3, -0.25) is 9.59 Å². The average Bonchev–Trinajstić information content (AvgIpc) is 2.63. The Morgan fingerprint density at radius 1 is 0.929 bits per heavy atom. The summed E-state index contributed by atoms with van der Waals surface area (Å²) in [5.41, 5.74) is 1.00. The molecule has 0 spiro atoms. The molecule has 150 valence electrons. The Labute approximate surface area is 166 Å². The Morgan fingerprint density at radius 2 is 1.64 bits per heavy atom. The van der Waals surface area contributed by atoms with E-state index in [9.17, 15) is 9.59 Å². The van der Waals surface area contributed by atoms with Crippen molar-refractivity contribution in [2.24, 2.45) is 5.41 Å². The molecule has 0 saturated heterocycles. The molecule has 0 radical (unpaired) electrons. The summed E-state index contributed by atoms with van der Waals surface area (Å²) in [6.07, 6.45) is 0. The second-order valence-corrected chi connectivity index (χ2v) is 7.26. The zero-order valence-corrected chi connectivity index (χ0v) is 17.1. The van der Waals surface area contributed by atoms with Crippen LogP contribution in [-0.4, -0.2) is 25.0 Å². The Hall–Kier alpha value is -3.02. The largest absolute Gasteiger partial charge is 0.494 e. The van der Waals surface area contributed by atoms with Gasteiger partial charge in [-0.15, -0.1) is 0 Å². The normalized spacial score (nSPS) is 10.9. The van der Waals surface area contributed by atoms with Gasteiger partial charge in [-0.2, -0.15) is 0 Å². The van der Waals surface area contributed by atoms with Gasteiger partial charge in [-0.1, -0.05) is 26.8 Å². The smallest absolute Gasteiger partial charge is 0.255 e. The SMILES string of the molecule is CCOc1ccc(OCC)c(NC(=O)c2cccc(NC(=O)C(C)(C)C)c2)c1. The zero-order valence-electron chi connectivity index (χ0n) is 17.1. The second kappa shape index (κ2) is 9.26. The summed E-state index contributed by atoms with van der Waals surface area (Å²) in [5.74, 6) is 0.790. The second-order valence-electron chi connectivity index (χ2n) is 7.26. The van der Waals surface area contributed by atoms with Crippen LogP contribution in [0.3, 0.4) is 0 Å². The van der Waals surface area contributed by atoms with E-state index in [-0.39, 0.29) is 11.8 Å². The van der Waals surface area contributed by atoms with E-state index in [1.165, 1.54) is 0 Å². The number of nitrogens with one attached hydrogen (secondary N) is 2. The highest BCUT2D eigenvalue weighted by molar-refractivity contribution is 6.06. The van der Waals surface area contributed by atoms with E-state index in [4.69, 9.17) is 9.47 Å². The van der Waals surface area contributed by atoms with Crippen molar-refractivity contribution < 1.29 is 19.1 Å². The summed E-state index contributed by atoms with van der Waals surface area (Å²) < 4.78 is 11.1. The standard InChI is InChI=1S/C22H28N2O4/c1-6-27-17-11-12-19(28-7-2)18(14-17)24-20(25)15-9-8-10-16(13-15)23-21(26)22(3,4)5/h8-14H,6-7H2,1-5H3,(H,23,26)(H,24,25). The molecular formula is C22H28N2O4. The average molecular weight is 384 g/mol. The van der Waals surface area contributed by atoms with Crippen LogP contribution >= 0.6 is 0 Å². The number of amides is 2. The van der Waals surface area contributed by atoms with Crippen LogP contribution in [0.4, 0.5) is 11.4 Å². The molecule has 0 bridgehead atoms. The summed E-state index contributed by atoms with van der Waals surface area (Å²) in [4.78, 5) is 24.9. The molecule has 0 fully saturated rings. The zero-order chi connectivity index (χ0) is 20.7. The third-order valence-electron chi connectivity index (χ3n) is 3.87. The fourth-order valence-corrected chi connectivity index (χ4v) is 2.40. The lowest BCUT2D eigenvalue weighted by Gasteiger charge is -2.18. The lowest BCUT2D eigenvalue weighted by atomic mass is 9.95. The molecule has 0 aliphatic carbocycles. The van der Waals surface area contributed by atoms with Crippen LogP contribution in [0.25, 0.3) is 0 Å². The third-order valence-corrected chi connectivity index (χ3v) is 3.87. The Morgan fingerprint density at radius 3 is 2.29 bits per heavy atom. The van der Waals surface area contributed by atoms with Crippen LogP contribution in [0, 0.1) is 5.41 Å². The van der Waals surface area contributed by atoms with Crippen LogP contribution in [0.15, 0.2) is 42.5 Å². The molecule has 0 unspecified atom stereocenters. The fraction of sp³-hybridized carbons (Fsp3) is 0.364. The maximum Gasteiger partial charge on any atom is 0.255 e. The first-order chi connectivity index (χ1) is 13.2. The molecule has 2 aromatic rings. The van der Waals surface area contributed by atoms with E-state index >= 15 is 0 Å². The maximum atomic E-state index is 12.8. The molecular weight excluding hydrogens is 356 g/mol. The predicted octanol–water partition coefficient (Wildman–Crippen LogP) is 4.72. The minimum absolute atomic E-state index is 0.117. The number of rotatable bonds is 7. The summed E-state index contributed by atoms with van der Waals surface area (Å²) in [6, 6.07) is 12.1. The maximum absolute atomic E-state index is 12.8. The van der Waals surface area contributed by atoms with Crippen molar-refractivity contribution in [3.05, 3.63) is 48.0 Å². The van der Waals surface area contributed by atoms with Gasteiger partial charge in [-0.25, -0.2) is 0 Å². The summed E-state index contributed by atoms with van der Waals surface area (Å²) >= 11 is 0. The van der Waals surface area contributed by atoms with Crippen LogP contribution in [-0.2, 0) is 4.79 Å². The van der Waals surface area contributed by atoms with Gasteiger partial charge >= 0.3 is 0 Å². The van der Waals surface area contributed by atoms with Crippen LogP contribution < -0.4 is 20.1 Å². The molecule has 2 amide bonds. The molecule has 0 heterocycles. The van der Waals surface area contributed by atoms with Crippen molar-refractivity contribution in [2.45, 2.75) is 34.6 Å². The molecule has 6 heteroatoms. The molecule has 0 aromatic heterocycles. The molecule has 0 aliphatic rings. The number of benzene rings is 2. The lowest BCUT2D eigenvalue weighted by Crippen LogP contribution is -2.27. The van der Waals surface area contributed by atoms with Crippen LogP contribution in [0.5, 0.6) is 11.5 Å². The summed E-state index contributed by atoms with van der Waals surface area (Å²) in [6.45, 7) is 10.3. The van der Waals surface area contributed by atoms with Gasteiger partial charge in [0.2, 0.25) is 5.91 Å². The van der Waals surface area contributed by atoms with Gasteiger partial charge in [0.15, 0.2) is 0 Å². The highest BCUT2D eigenvalue weighted by Crippen LogP contribution is 2.30. The van der Waals surface area contributed by atoms with E-state index in [1.807, 2.05) is 34.6 Å². The molecule has 2 rings (SSSR count). The Balaban J connectivity index is 2.22. The molecule has 6 nitrogen and oxygen atoms in total. The lowest BCUT2D eigenvalue weighted by molar-refractivity contribution is -0.123. The topological polar surface area (TPSA) is 76.7 Å². The van der Waals surface area contributed by atoms with E-state index in [0.717, 1.165) is 0 Å². The first-order valence-electron chi connectivity index (χ1n) is 9.37. The van der Waals surface area contributed by atoms with Crippen molar-refractivity contribution >= 4 is 23.2 Å². The van der Waals surface area contributed by atoms with Crippen LogP contribution in [0.2, 0.25) is 0 Å². The van der Waals surface area contributed by atoms with E-state index in [1.54, 1.807) is 42.5 Å². The fourth-order valence-electron chi connectivity index (χ4n) is 2.40. The number of carbonyl (C=O) groups is 2. The van der Waals surface area contributed by atoms with Crippen molar-refractivity contribution in [1.29, 1.82) is 0 Å². The molecule has 0 atom stereocenters. The minimum atomic E-state index is -0.523. The third kappa shape index (κ3) is 5.74. The summed E-state index contributed by atoms with van der Waals surface area (Å²) in [5, 5.41) is 5.70. The van der Waals surface area contributed by atoms with Crippen LogP contribution in [0.1, 0.15) is 45.0 Å². The highest BCUT2D eigenvalue weighted by Gasteiger charge is 2.21. The molecule has 0 saturated carbocycles. The Kier molecular flexibility index (Phi) is 7.04. The number of ether oxygens (including phenoxy) is 2. The first kappa shape index (κ1) is 21.3. The predicted molar refractivity (Wildman–Crippen MR) is 111 cm³/mol. The van der Waals surface area contributed by atoms with Crippen molar-refractivity contribution in [1.82, 2.24) is 0 Å². The quantitative estimate of drug-likeness (QED) is 0.724. The first-order valence-corrected chi connectivity index (χ1v) is 9.37. The molecule has 28 heavy (non-hydrogen) atoms. The number of carbonyl (C=O) groups excluding carboxylic acids is 2. The van der Waals surface area contributed by atoms with Gasteiger partial charge < -0.3 is 20.1 Å². The minimum Gasteiger partial charge on any atom is -0.494 e. The van der Waals surface area contributed by atoms with Crippen molar-refractivity contribution in [3.8, 4) is 11.5 Å². The van der Waals surface area contributed by atoms with E-state index in [2.05, 4.69) is 10.6 Å². The van der Waals surface area contributed by atoms with E-state index < -0.39 is 5.41 Å². The number of anilines is 2. The Bertz CT molecular complexity index is 841. The van der Waals surface area contributed by atoms with Gasteiger partial charge in [0.05, 0.1) is 18.9 Å². The van der Waals surface area contributed by atoms with Gasteiger partial charge in [0, 0.05) is 22.7 Å². The molecule has 2 aromatic carbocycles. The molecule has 0 aliphatic heterocycles. The molecule has 2 N–H and O–H groups in total. The monoisotopic (exact) mass is 384 g/mol. The number of hydrogen-bond acceptors (Lipinski definition) is 4. The van der Waals surface area contributed by atoms with Gasteiger partial charge in [0.25, 0.3) is 5.91 Å².